The van der Waals surface area contributed by atoms with Gasteiger partial charge in [-0.15, -0.1) is 12.4 Å². The van der Waals surface area contributed by atoms with Gasteiger partial charge >= 0.3 is 0 Å². The molecule has 0 aliphatic heterocycles. The molecule has 0 bridgehead atoms. The molecule has 116 valence electrons. The molecule has 22 heavy (non-hydrogen) atoms. The summed E-state index contributed by atoms with van der Waals surface area (Å²) in [7, 11) is 0. The van der Waals surface area contributed by atoms with Crippen LogP contribution in [-0.2, 0) is 0 Å². The minimum Gasteiger partial charge on any atom is -0.307 e. The van der Waals surface area contributed by atoms with Gasteiger partial charge in [0.15, 0.2) is 0 Å². The fraction of sp³-hybridized carbons (Fsp3) is 0.176. The number of rotatable bonds is 6. The van der Waals surface area contributed by atoms with Gasteiger partial charge in [-0.2, -0.15) is 0 Å². The molecule has 1 N–H and O–H groups in total. The molecule has 0 aromatic heterocycles. The first-order chi connectivity index (χ1) is 10.2. The predicted molar refractivity (Wildman–Crippen MR) is 92.2 cm³/mol. The highest BCUT2D eigenvalue weighted by atomic mass is 35.5. The Bertz CT molecular complexity index is 630. The van der Waals surface area contributed by atoms with Crippen LogP contribution in [0.25, 0.3) is 6.08 Å². The maximum absolute atomic E-state index is 10.9. The topological polar surface area (TPSA) is 55.2 Å². The summed E-state index contributed by atoms with van der Waals surface area (Å²) < 4.78 is 0. The van der Waals surface area contributed by atoms with Crippen LogP contribution in [0.15, 0.2) is 60.7 Å². The van der Waals surface area contributed by atoms with Crippen molar-refractivity contribution in [2.45, 2.75) is 13.0 Å². The van der Waals surface area contributed by atoms with Gasteiger partial charge in [0.25, 0.3) is 5.69 Å². The fourth-order valence-corrected chi connectivity index (χ4v) is 2.09. The second-order valence-corrected chi connectivity index (χ2v) is 4.76. The third-order valence-corrected chi connectivity index (χ3v) is 3.27. The molecule has 0 amide bonds. The molecule has 2 aromatic rings. The monoisotopic (exact) mass is 318 g/mol. The van der Waals surface area contributed by atoms with Crippen molar-refractivity contribution in [1.82, 2.24) is 5.32 Å². The third-order valence-electron chi connectivity index (χ3n) is 3.27. The quantitative estimate of drug-likeness (QED) is 0.635. The molecule has 1 unspecified atom stereocenters. The van der Waals surface area contributed by atoms with Gasteiger partial charge in [0.1, 0.15) is 0 Å². The second-order valence-electron chi connectivity index (χ2n) is 4.76. The molecule has 2 aromatic carbocycles. The zero-order valence-corrected chi connectivity index (χ0v) is 13.1. The van der Waals surface area contributed by atoms with Crippen molar-refractivity contribution < 1.29 is 4.92 Å². The molecule has 0 saturated heterocycles. The maximum Gasteiger partial charge on any atom is 0.276 e. The van der Waals surface area contributed by atoms with Crippen molar-refractivity contribution in [2.24, 2.45) is 0 Å². The molecule has 0 saturated carbocycles. The van der Waals surface area contributed by atoms with Crippen molar-refractivity contribution >= 4 is 24.2 Å². The average molecular weight is 319 g/mol. The molecule has 4 nitrogen and oxygen atoms in total. The van der Waals surface area contributed by atoms with Crippen LogP contribution < -0.4 is 5.32 Å². The van der Waals surface area contributed by atoms with Gasteiger partial charge in [-0.05, 0) is 18.6 Å². The summed E-state index contributed by atoms with van der Waals surface area (Å²) in [6.45, 7) is 2.75. The first-order valence-electron chi connectivity index (χ1n) is 6.87. The molecular formula is C17H19ClN2O2. The second kappa shape index (κ2) is 8.97. The molecule has 0 radical (unpaired) electrons. The Morgan fingerprint density at radius 1 is 1.14 bits per heavy atom. The Morgan fingerprint density at radius 2 is 1.77 bits per heavy atom. The van der Waals surface area contributed by atoms with Gasteiger partial charge in [0.2, 0.25) is 0 Å². The number of nitro groups is 1. The molecule has 2 rings (SSSR count). The summed E-state index contributed by atoms with van der Waals surface area (Å²) in [5.74, 6) is 0. The van der Waals surface area contributed by atoms with E-state index in [0.717, 1.165) is 0 Å². The van der Waals surface area contributed by atoms with Crippen LogP contribution in [-0.4, -0.2) is 11.5 Å². The molecule has 0 heterocycles. The first-order valence-corrected chi connectivity index (χ1v) is 6.87. The molecule has 0 aliphatic carbocycles. The van der Waals surface area contributed by atoms with Crippen molar-refractivity contribution in [3.05, 3.63) is 81.9 Å². The zero-order valence-electron chi connectivity index (χ0n) is 12.3. The lowest BCUT2D eigenvalue weighted by atomic mass is 10.1. The van der Waals surface area contributed by atoms with Crippen LogP contribution in [0.2, 0.25) is 0 Å². The van der Waals surface area contributed by atoms with Crippen molar-refractivity contribution in [3.8, 4) is 0 Å². The third kappa shape index (κ3) is 4.98. The molecule has 0 aliphatic rings. The van der Waals surface area contributed by atoms with E-state index in [1.54, 1.807) is 24.3 Å². The van der Waals surface area contributed by atoms with Crippen LogP contribution in [0, 0.1) is 10.1 Å². The molecule has 0 fully saturated rings. The summed E-state index contributed by atoms with van der Waals surface area (Å²) >= 11 is 0. The highest BCUT2D eigenvalue weighted by Gasteiger charge is 2.09. The Labute approximate surface area is 136 Å². The van der Waals surface area contributed by atoms with Gasteiger partial charge in [-0.1, -0.05) is 54.6 Å². The SMILES string of the molecule is CC(NCC=Cc1ccccc1[N+](=O)[O-])c1ccccc1.Cl. The number of benzene rings is 2. The lowest BCUT2D eigenvalue weighted by Crippen LogP contribution is -2.18. The zero-order chi connectivity index (χ0) is 15.1. The van der Waals surface area contributed by atoms with E-state index in [2.05, 4.69) is 24.4 Å². The van der Waals surface area contributed by atoms with E-state index < -0.39 is 0 Å². The number of halogens is 1. The summed E-state index contributed by atoms with van der Waals surface area (Å²) in [4.78, 5) is 10.5. The average Bonchev–Trinajstić information content (AvgIpc) is 2.52. The summed E-state index contributed by atoms with van der Waals surface area (Å²) in [6.07, 6.45) is 3.69. The van der Waals surface area contributed by atoms with Crippen LogP contribution >= 0.6 is 12.4 Å². The minimum absolute atomic E-state index is 0. The Morgan fingerprint density at radius 3 is 2.45 bits per heavy atom. The Balaban J connectivity index is 0.00000242. The number of nitrogens with zero attached hydrogens (tertiary/aromatic N) is 1. The highest BCUT2D eigenvalue weighted by molar-refractivity contribution is 5.85. The van der Waals surface area contributed by atoms with Crippen molar-refractivity contribution in [3.63, 3.8) is 0 Å². The van der Waals surface area contributed by atoms with Crippen molar-refractivity contribution in [2.75, 3.05) is 6.54 Å². The highest BCUT2D eigenvalue weighted by Crippen LogP contribution is 2.18. The molecule has 5 heteroatoms. The fourth-order valence-electron chi connectivity index (χ4n) is 2.09. The van der Waals surface area contributed by atoms with E-state index in [9.17, 15) is 10.1 Å². The predicted octanol–water partition coefficient (Wildman–Crippen LogP) is 4.38. The Kier molecular flexibility index (Phi) is 7.29. The van der Waals surface area contributed by atoms with Gasteiger partial charge in [-0.3, -0.25) is 10.1 Å². The van der Waals surface area contributed by atoms with E-state index >= 15 is 0 Å². The van der Waals surface area contributed by atoms with E-state index in [1.807, 2.05) is 24.3 Å². The normalized spacial score (nSPS) is 11.9. The van der Waals surface area contributed by atoms with Crippen LogP contribution in [0.4, 0.5) is 5.69 Å². The molecular weight excluding hydrogens is 300 g/mol. The summed E-state index contributed by atoms with van der Waals surface area (Å²) in [5, 5.41) is 14.3. The van der Waals surface area contributed by atoms with E-state index in [0.29, 0.717) is 12.1 Å². The standard InChI is InChI=1S/C17H18N2O2.ClH/c1-14(15-8-3-2-4-9-15)18-13-7-11-16-10-5-6-12-17(16)19(20)21;/h2-12,14,18H,13H2,1H3;1H. The molecule has 0 spiro atoms. The first kappa shape index (κ1) is 17.9. The van der Waals surface area contributed by atoms with Gasteiger partial charge in [-0.25, -0.2) is 0 Å². The van der Waals surface area contributed by atoms with Crippen LogP contribution in [0.1, 0.15) is 24.1 Å². The Hall–Kier alpha value is -2.17. The lowest BCUT2D eigenvalue weighted by molar-refractivity contribution is -0.385. The molecule has 1 atom stereocenters. The van der Waals surface area contributed by atoms with Gasteiger partial charge in [0, 0.05) is 18.7 Å². The van der Waals surface area contributed by atoms with Crippen molar-refractivity contribution in [1.29, 1.82) is 0 Å². The van der Waals surface area contributed by atoms with Crippen LogP contribution in [0.5, 0.6) is 0 Å². The number of hydrogen-bond acceptors (Lipinski definition) is 3. The number of hydrogen-bond donors (Lipinski definition) is 1. The number of nitrogens with one attached hydrogen (secondary N) is 1. The smallest absolute Gasteiger partial charge is 0.276 e. The van der Waals surface area contributed by atoms with Gasteiger partial charge in [0.05, 0.1) is 10.5 Å². The minimum atomic E-state index is -0.361. The van der Waals surface area contributed by atoms with E-state index in [4.69, 9.17) is 0 Å². The number of para-hydroxylation sites is 1. The van der Waals surface area contributed by atoms with E-state index in [-0.39, 0.29) is 29.1 Å². The van der Waals surface area contributed by atoms with E-state index in [1.165, 1.54) is 11.6 Å². The summed E-state index contributed by atoms with van der Waals surface area (Å²) in [6, 6.07) is 17.1. The number of nitro benzene ring substituents is 1. The largest absolute Gasteiger partial charge is 0.307 e. The maximum atomic E-state index is 10.9. The van der Waals surface area contributed by atoms with Gasteiger partial charge < -0.3 is 5.32 Å². The van der Waals surface area contributed by atoms with Crippen LogP contribution in [0.3, 0.4) is 0 Å². The summed E-state index contributed by atoms with van der Waals surface area (Å²) in [5.41, 5.74) is 1.97. The lowest BCUT2D eigenvalue weighted by Gasteiger charge is -2.12.